The molecule has 0 fully saturated rings. The number of halogens is 1. The Kier molecular flexibility index (Phi) is 472. The summed E-state index contributed by atoms with van der Waals surface area (Å²) in [6.45, 7) is 0. The normalized spacial score (nSPS) is 0. The first kappa shape index (κ1) is 62.9. The summed E-state index contributed by atoms with van der Waals surface area (Å²) in [7, 11) is 0. The van der Waals surface area contributed by atoms with E-state index in [4.69, 9.17) is 0 Å². The average Bonchev–Trinajstić information content (AvgIpc) is 0. The fourth-order valence-corrected chi connectivity index (χ4v) is 0. The van der Waals surface area contributed by atoms with Crippen molar-refractivity contribution in [2.75, 3.05) is 0 Å². The van der Waals surface area contributed by atoms with Crippen molar-refractivity contribution in [1.29, 1.82) is 0 Å². The summed E-state index contributed by atoms with van der Waals surface area (Å²) in [6.07, 6.45) is 0. The van der Waals surface area contributed by atoms with Crippen molar-refractivity contribution in [3.8, 4) is 0 Å². The van der Waals surface area contributed by atoms with Crippen LogP contribution in [0, 0.1) is 0 Å². The van der Waals surface area contributed by atoms with E-state index in [9.17, 15) is 0 Å². The molecule has 0 aliphatic rings. The van der Waals surface area contributed by atoms with E-state index in [-0.39, 0.29) is 78.5 Å². The minimum atomic E-state index is 0. The van der Waals surface area contributed by atoms with Gasteiger partial charge in [-0.15, -0.1) is 12.4 Å². The van der Waals surface area contributed by atoms with E-state index in [1.165, 1.54) is 0 Å². The van der Waals surface area contributed by atoms with Gasteiger partial charge in [0.1, 0.15) is 0 Å². The van der Waals surface area contributed by atoms with Gasteiger partial charge in [0.25, 0.3) is 0 Å². The van der Waals surface area contributed by atoms with E-state index < -0.39 is 0 Å². The summed E-state index contributed by atoms with van der Waals surface area (Å²) in [4.78, 5) is 0. The predicted octanol–water partition coefficient (Wildman–Crippen LogP) is -3.33. The van der Waals surface area contributed by atoms with Gasteiger partial charge in [0.05, 0.1) is 0 Å². The molecule has 2 nitrogen and oxygen atoms in total. The molecule has 0 aliphatic carbocycles. The van der Waals surface area contributed by atoms with Crippen LogP contribution in [0.2, 0.25) is 0 Å². The monoisotopic (exact) mass is 144 g/mol. The number of rotatable bonds is 0. The third kappa shape index (κ3) is 24.0. The van der Waals surface area contributed by atoms with Crippen LogP contribution in [0.3, 0.4) is 0 Å². The van der Waals surface area contributed by atoms with Crippen molar-refractivity contribution in [3.63, 3.8) is 0 Å². The van der Waals surface area contributed by atoms with Gasteiger partial charge in [0.15, 0.2) is 17.4 Å². The molecule has 0 rings (SSSR count). The van der Waals surface area contributed by atoms with Crippen molar-refractivity contribution >= 4 is 67.5 Å². The fraction of sp³-hybridized carbons (Fsp3) is 0. The van der Waals surface area contributed by atoms with Crippen LogP contribution < -0.4 is 0 Å². The minimum absolute atomic E-state index is 0. The topological polar surface area (TPSA) is 63.0 Å². The molecule has 34 valence electrons. The molecule has 0 amide bonds. The summed E-state index contributed by atoms with van der Waals surface area (Å²) in [5, 5.41) is 0. The molecule has 0 aromatic carbocycles. The van der Waals surface area contributed by atoms with Crippen LogP contribution in [0.5, 0.6) is 0 Å². The van der Waals surface area contributed by atoms with Gasteiger partial charge in [-0.2, -0.15) is 0 Å². The maximum atomic E-state index is 0. The van der Waals surface area contributed by atoms with Crippen molar-refractivity contribution in [2.24, 2.45) is 0 Å². The first-order valence-electron chi connectivity index (χ1n) is 0. The summed E-state index contributed by atoms with van der Waals surface area (Å²) in [5.41, 5.74) is 0. The molecule has 0 atom stereocenters. The zero-order valence-corrected chi connectivity index (χ0v) is 2.22. The molecule has 0 saturated carbocycles. The molecule has 0 aromatic rings. The van der Waals surface area contributed by atoms with Crippen molar-refractivity contribution in [3.05, 3.63) is 0 Å². The Balaban J connectivity index is 0. The Hall–Kier alpha value is 2.00. The van der Waals surface area contributed by atoms with Crippen LogP contribution in [-0.4, -0.2) is 66.1 Å². The van der Waals surface area contributed by atoms with E-state index in [1.807, 2.05) is 0 Å². The van der Waals surface area contributed by atoms with Crippen LogP contribution in [0.1, 0.15) is 0 Å². The maximum absolute atomic E-state index is 0. The van der Waals surface area contributed by atoms with Gasteiger partial charge in [0, 0.05) is 0 Å². The van der Waals surface area contributed by atoms with Gasteiger partial charge >= 0.3 is 37.7 Å². The molecule has 0 spiro atoms. The third-order valence-corrected chi connectivity index (χ3v) is 0. The van der Waals surface area contributed by atoms with Gasteiger partial charge in [-0.05, 0) is 0 Å². The summed E-state index contributed by atoms with van der Waals surface area (Å²) >= 11 is 0. The Labute approximate surface area is 77.5 Å². The molecule has 0 radical (unpaired) electrons. The zero-order valence-electron chi connectivity index (χ0n) is 1.41. The van der Waals surface area contributed by atoms with Crippen molar-refractivity contribution < 1.29 is 11.0 Å². The number of hydrogen-bond donors (Lipinski definition) is 0. The van der Waals surface area contributed by atoms with E-state index in [1.54, 1.807) is 0 Å². The standard InChI is InChI=1S/Al.Ca.ClH.2H2O.5H/h;;1H;2*1H2;;;;;. The van der Waals surface area contributed by atoms with Gasteiger partial charge in [0.2, 0.25) is 0 Å². The average molecular weight is 145 g/mol. The SMILES string of the molecule is Cl.O.O.[AlH3].[CaH2]. The molecule has 0 bridgehead atoms. The van der Waals surface area contributed by atoms with Gasteiger partial charge in [-0.1, -0.05) is 0 Å². The summed E-state index contributed by atoms with van der Waals surface area (Å²) < 4.78 is 0. The molecular weight excluding hydrogens is 135 g/mol. The molecule has 0 saturated heterocycles. The van der Waals surface area contributed by atoms with Crippen molar-refractivity contribution in [1.82, 2.24) is 0 Å². The first-order valence-corrected chi connectivity index (χ1v) is 0. The molecule has 0 aliphatic heterocycles. The van der Waals surface area contributed by atoms with E-state index in [0.717, 1.165) is 0 Å². The Morgan fingerprint density at radius 2 is 0.800 bits per heavy atom. The van der Waals surface area contributed by atoms with Crippen molar-refractivity contribution in [2.45, 2.75) is 0 Å². The molecule has 5 heteroatoms. The quantitative estimate of drug-likeness (QED) is 0.320. The van der Waals surface area contributed by atoms with E-state index in [2.05, 4.69) is 0 Å². The molecule has 0 aromatic heterocycles. The Morgan fingerprint density at radius 3 is 0.800 bits per heavy atom. The van der Waals surface area contributed by atoms with Gasteiger partial charge in [-0.3, -0.25) is 0 Å². The van der Waals surface area contributed by atoms with Crippen LogP contribution in [0.25, 0.3) is 0 Å². The Morgan fingerprint density at radius 1 is 0.800 bits per heavy atom. The van der Waals surface area contributed by atoms with Crippen LogP contribution >= 0.6 is 12.4 Å². The predicted molar refractivity (Wildman–Crippen MR) is 33.0 cm³/mol. The second-order valence-corrected chi connectivity index (χ2v) is 0. The molecule has 5 heavy (non-hydrogen) atoms. The van der Waals surface area contributed by atoms with E-state index in [0.29, 0.717) is 0 Å². The second kappa shape index (κ2) is 37.5. The fourth-order valence-electron chi connectivity index (χ4n) is 0. The van der Waals surface area contributed by atoms with Gasteiger partial charge in [-0.25, -0.2) is 0 Å². The molecule has 0 heterocycles. The molecule has 4 N–H and O–H groups in total. The number of hydrogen-bond acceptors (Lipinski definition) is 0. The molecule has 0 unspecified atom stereocenters. The van der Waals surface area contributed by atoms with Crippen LogP contribution in [0.15, 0.2) is 0 Å². The summed E-state index contributed by atoms with van der Waals surface area (Å²) in [6, 6.07) is 0. The zero-order chi connectivity index (χ0) is 0. The van der Waals surface area contributed by atoms with Crippen LogP contribution in [0.4, 0.5) is 0 Å². The van der Waals surface area contributed by atoms with E-state index >= 15 is 0 Å². The first-order chi connectivity index (χ1) is 0. The third-order valence-electron chi connectivity index (χ3n) is 0. The summed E-state index contributed by atoms with van der Waals surface area (Å²) in [5.74, 6) is 0. The van der Waals surface area contributed by atoms with Crippen LogP contribution in [-0.2, 0) is 0 Å². The molecular formula is H10AlCaClO2. The van der Waals surface area contributed by atoms with Gasteiger partial charge < -0.3 is 11.0 Å². The Bertz CT molecular complexity index is 9.61. The second-order valence-electron chi connectivity index (χ2n) is 0.